The predicted molar refractivity (Wildman–Crippen MR) is 100 cm³/mol. The van der Waals surface area contributed by atoms with Crippen molar-refractivity contribution < 1.29 is 9.53 Å². The molecule has 2 amide bonds. The van der Waals surface area contributed by atoms with E-state index in [2.05, 4.69) is 15.7 Å². The third-order valence-electron chi connectivity index (χ3n) is 4.00. The number of nitrogens with zero attached hydrogens (tertiary/aromatic N) is 2. The highest BCUT2D eigenvalue weighted by Gasteiger charge is 2.11. The summed E-state index contributed by atoms with van der Waals surface area (Å²) in [6, 6.07) is 11.3. The average Bonchev–Trinajstić information content (AvgIpc) is 2.87. The van der Waals surface area contributed by atoms with Gasteiger partial charge in [-0.05, 0) is 56.2 Å². The zero-order valence-electron chi connectivity index (χ0n) is 14.9. The minimum Gasteiger partial charge on any atom is -0.476 e. The molecule has 0 saturated heterocycles. The third-order valence-corrected chi connectivity index (χ3v) is 4.00. The number of ether oxygens (including phenoxy) is 1. The molecule has 130 valence electrons. The van der Waals surface area contributed by atoms with Crippen LogP contribution in [0, 0.1) is 13.8 Å². The third kappa shape index (κ3) is 3.57. The van der Waals surface area contributed by atoms with E-state index in [1.54, 1.807) is 4.68 Å². The lowest BCUT2D eigenvalue weighted by Gasteiger charge is -2.11. The lowest BCUT2D eigenvalue weighted by molar-refractivity contribution is 0.262. The van der Waals surface area contributed by atoms with Gasteiger partial charge in [0.25, 0.3) is 0 Å². The van der Waals surface area contributed by atoms with Crippen molar-refractivity contribution in [3.63, 3.8) is 0 Å². The number of urea groups is 1. The van der Waals surface area contributed by atoms with E-state index >= 15 is 0 Å². The van der Waals surface area contributed by atoms with Crippen LogP contribution < -0.4 is 15.4 Å². The Balaban J connectivity index is 1.81. The maximum absolute atomic E-state index is 12.3. The minimum atomic E-state index is -0.282. The van der Waals surface area contributed by atoms with Crippen LogP contribution in [-0.2, 0) is 7.05 Å². The van der Waals surface area contributed by atoms with E-state index in [1.807, 2.05) is 64.2 Å². The topological polar surface area (TPSA) is 68.2 Å². The van der Waals surface area contributed by atoms with Crippen molar-refractivity contribution in [2.75, 3.05) is 17.2 Å². The first-order valence-corrected chi connectivity index (χ1v) is 8.22. The Labute approximate surface area is 146 Å². The van der Waals surface area contributed by atoms with Gasteiger partial charge in [-0.15, -0.1) is 5.10 Å². The molecule has 0 saturated carbocycles. The Morgan fingerprint density at radius 3 is 2.72 bits per heavy atom. The molecule has 0 radical (unpaired) electrons. The fraction of sp³-hybridized carbons (Fsp3) is 0.263. The number of anilines is 2. The van der Waals surface area contributed by atoms with Crippen LogP contribution in [0.3, 0.4) is 0 Å². The molecule has 0 atom stereocenters. The molecule has 0 aliphatic heterocycles. The Morgan fingerprint density at radius 1 is 1.16 bits per heavy atom. The van der Waals surface area contributed by atoms with E-state index in [-0.39, 0.29) is 6.03 Å². The van der Waals surface area contributed by atoms with Crippen LogP contribution in [0.25, 0.3) is 10.9 Å². The Hall–Kier alpha value is -3.02. The van der Waals surface area contributed by atoms with Gasteiger partial charge in [-0.2, -0.15) is 0 Å². The van der Waals surface area contributed by atoms with E-state index in [4.69, 9.17) is 4.74 Å². The van der Waals surface area contributed by atoms with Gasteiger partial charge in [0.05, 0.1) is 17.5 Å². The Bertz CT molecular complexity index is 931. The number of nitrogens with one attached hydrogen (secondary N) is 2. The SMILES string of the molecule is CCOc1nn(C)c2ccc(NC(=O)Nc3cc(C)ccc3C)cc12. The van der Waals surface area contributed by atoms with Crippen molar-refractivity contribution in [1.82, 2.24) is 9.78 Å². The molecule has 6 heteroatoms. The molecule has 2 N–H and O–H groups in total. The van der Waals surface area contributed by atoms with Gasteiger partial charge in [-0.1, -0.05) is 12.1 Å². The molecule has 0 aliphatic rings. The monoisotopic (exact) mass is 338 g/mol. The maximum atomic E-state index is 12.3. The standard InChI is InChI=1S/C19H22N4O2/c1-5-25-18-15-11-14(8-9-17(15)23(4)22-18)20-19(24)21-16-10-12(2)6-7-13(16)3/h6-11H,5H2,1-4H3,(H2,20,21,24). The highest BCUT2D eigenvalue weighted by molar-refractivity contribution is 6.01. The van der Waals surface area contributed by atoms with E-state index in [0.29, 0.717) is 18.2 Å². The summed E-state index contributed by atoms with van der Waals surface area (Å²) in [4.78, 5) is 12.3. The van der Waals surface area contributed by atoms with Crippen molar-refractivity contribution in [3.05, 3.63) is 47.5 Å². The minimum absolute atomic E-state index is 0.282. The van der Waals surface area contributed by atoms with Crippen LogP contribution in [0.2, 0.25) is 0 Å². The number of carbonyl (C=O) groups excluding carboxylic acids is 1. The van der Waals surface area contributed by atoms with Crippen molar-refractivity contribution in [2.24, 2.45) is 7.05 Å². The Morgan fingerprint density at radius 2 is 1.96 bits per heavy atom. The maximum Gasteiger partial charge on any atom is 0.323 e. The molecule has 3 aromatic rings. The second-order valence-electron chi connectivity index (χ2n) is 5.99. The lowest BCUT2D eigenvalue weighted by atomic mass is 10.1. The number of benzene rings is 2. The predicted octanol–water partition coefficient (Wildman–Crippen LogP) is 4.23. The summed E-state index contributed by atoms with van der Waals surface area (Å²) >= 11 is 0. The molecule has 0 aliphatic carbocycles. The molecule has 0 spiro atoms. The van der Waals surface area contributed by atoms with Crippen molar-refractivity contribution in [2.45, 2.75) is 20.8 Å². The molecule has 0 unspecified atom stereocenters. The summed E-state index contributed by atoms with van der Waals surface area (Å²) in [5.74, 6) is 0.568. The van der Waals surface area contributed by atoms with Gasteiger partial charge in [0.15, 0.2) is 0 Å². The van der Waals surface area contributed by atoms with Gasteiger partial charge < -0.3 is 15.4 Å². The largest absolute Gasteiger partial charge is 0.476 e. The number of carbonyl (C=O) groups is 1. The summed E-state index contributed by atoms with van der Waals surface area (Å²) in [5, 5.41) is 11.0. The van der Waals surface area contributed by atoms with Crippen LogP contribution in [0.15, 0.2) is 36.4 Å². The number of aryl methyl sites for hydroxylation is 3. The van der Waals surface area contributed by atoms with Gasteiger partial charge in [-0.25, -0.2) is 4.79 Å². The van der Waals surface area contributed by atoms with Gasteiger partial charge in [0, 0.05) is 18.4 Å². The van der Waals surface area contributed by atoms with E-state index in [0.717, 1.165) is 27.7 Å². The van der Waals surface area contributed by atoms with Crippen LogP contribution in [0.5, 0.6) is 5.88 Å². The second kappa shape index (κ2) is 6.84. The first-order valence-electron chi connectivity index (χ1n) is 8.22. The van der Waals surface area contributed by atoms with Gasteiger partial charge >= 0.3 is 6.03 Å². The fourth-order valence-corrected chi connectivity index (χ4v) is 2.71. The van der Waals surface area contributed by atoms with E-state index < -0.39 is 0 Å². The van der Waals surface area contributed by atoms with E-state index in [1.165, 1.54) is 0 Å². The zero-order valence-corrected chi connectivity index (χ0v) is 14.9. The smallest absolute Gasteiger partial charge is 0.323 e. The van der Waals surface area contributed by atoms with Gasteiger partial charge in [0.1, 0.15) is 0 Å². The second-order valence-corrected chi connectivity index (χ2v) is 5.99. The number of rotatable bonds is 4. The summed E-state index contributed by atoms with van der Waals surface area (Å²) in [7, 11) is 1.87. The lowest BCUT2D eigenvalue weighted by Crippen LogP contribution is -2.20. The number of hydrogen-bond donors (Lipinski definition) is 2. The quantitative estimate of drug-likeness (QED) is 0.748. The zero-order chi connectivity index (χ0) is 18.0. The molecule has 0 fully saturated rings. The van der Waals surface area contributed by atoms with Crippen LogP contribution in [-0.4, -0.2) is 22.4 Å². The molecule has 3 rings (SSSR count). The van der Waals surface area contributed by atoms with Gasteiger partial charge in [0.2, 0.25) is 5.88 Å². The van der Waals surface area contributed by atoms with Crippen molar-refractivity contribution in [3.8, 4) is 5.88 Å². The highest BCUT2D eigenvalue weighted by Crippen LogP contribution is 2.27. The van der Waals surface area contributed by atoms with E-state index in [9.17, 15) is 4.79 Å². The number of amides is 2. The molecule has 6 nitrogen and oxygen atoms in total. The average molecular weight is 338 g/mol. The number of aromatic nitrogens is 2. The van der Waals surface area contributed by atoms with Crippen LogP contribution >= 0.6 is 0 Å². The molecular weight excluding hydrogens is 316 g/mol. The number of fused-ring (bicyclic) bond motifs is 1. The highest BCUT2D eigenvalue weighted by atomic mass is 16.5. The van der Waals surface area contributed by atoms with Crippen LogP contribution in [0.4, 0.5) is 16.2 Å². The molecule has 2 aromatic carbocycles. The molecule has 1 aromatic heterocycles. The summed E-state index contributed by atoms with van der Waals surface area (Å²) in [6.45, 7) is 6.41. The number of hydrogen-bond acceptors (Lipinski definition) is 3. The summed E-state index contributed by atoms with van der Waals surface area (Å²) in [5.41, 5.74) is 4.55. The van der Waals surface area contributed by atoms with Crippen LogP contribution in [0.1, 0.15) is 18.1 Å². The van der Waals surface area contributed by atoms with Crippen molar-refractivity contribution >= 4 is 28.3 Å². The molecule has 0 bridgehead atoms. The first-order chi connectivity index (χ1) is 12.0. The first kappa shape index (κ1) is 16.8. The normalized spacial score (nSPS) is 10.7. The molecule has 1 heterocycles. The van der Waals surface area contributed by atoms with Crippen molar-refractivity contribution in [1.29, 1.82) is 0 Å². The summed E-state index contributed by atoms with van der Waals surface area (Å²) < 4.78 is 7.33. The summed E-state index contributed by atoms with van der Waals surface area (Å²) in [6.07, 6.45) is 0. The fourth-order valence-electron chi connectivity index (χ4n) is 2.71. The molecular formula is C19H22N4O2. The van der Waals surface area contributed by atoms with Gasteiger partial charge in [-0.3, -0.25) is 4.68 Å². The molecule has 25 heavy (non-hydrogen) atoms. The Kier molecular flexibility index (Phi) is 4.61.